The van der Waals surface area contributed by atoms with Gasteiger partial charge in [-0.25, -0.2) is 4.39 Å². The summed E-state index contributed by atoms with van der Waals surface area (Å²) in [7, 11) is 0. The first kappa shape index (κ1) is 25.6. The lowest BCUT2D eigenvalue weighted by Crippen LogP contribution is -2.49. The van der Waals surface area contributed by atoms with Crippen molar-refractivity contribution >= 4 is 11.4 Å². The Morgan fingerprint density at radius 2 is 1.56 bits per heavy atom. The molecule has 1 N–H and O–H groups in total. The van der Waals surface area contributed by atoms with Crippen LogP contribution in [0.15, 0.2) is 72.8 Å². The molecule has 0 fully saturated rings. The zero-order valence-corrected chi connectivity index (χ0v) is 18.6. The van der Waals surface area contributed by atoms with Crippen molar-refractivity contribution in [2.45, 2.75) is 31.2 Å². The van der Waals surface area contributed by atoms with Crippen LogP contribution in [0.5, 0.6) is 5.75 Å². The zero-order valence-electron chi connectivity index (χ0n) is 18.6. The molecule has 36 heavy (non-hydrogen) atoms. The normalized spacial score (nSPS) is 17.1. The Hall–Kier alpha value is -3.47. The van der Waals surface area contributed by atoms with Gasteiger partial charge in [0, 0.05) is 13.1 Å². The Morgan fingerprint density at radius 3 is 2.19 bits per heavy atom. The first-order valence-corrected chi connectivity index (χ1v) is 10.9. The second-order valence-electron chi connectivity index (χ2n) is 8.34. The van der Waals surface area contributed by atoms with Crippen LogP contribution >= 0.6 is 0 Å². The fourth-order valence-corrected chi connectivity index (χ4v) is 4.24. The highest BCUT2D eigenvalue weighted by Gasteiger charge is 2.42. The molecule has 4 nitrogen and oxygen atoms in total. The molecule has 0 radical (unpaired) electrons. The third-order valence-corrected chi connectivity index (χ3v) is 5.81. The first-order valence-electron chi connectivity index (χ1n) is 10.9. The molecule has 0 saturated heterocycles. The molecule has 0 saturated carbocycles. The van der Waals surface area contributed by atoms with Crippen LogP contribution in [0.1, 0.15) is 17.2 Å². The molecule has 0 aromatic heterocycles. The molecule has 1 heterocycles. The van der Waals surface area contributed by atoms with E-state index in [1.807, 2.05) is 4.90 Å². The van der Waals surface area contributed by atoms with Gasteiger partial charge in [0.2, 0.25) is 0 Å². The quantitative estimate of drug-likeness (QED) is 0.397. The molecule has 3 aromatic carbocycles. The third-order valence-electron chi connectivity index (χ3n) is 5.81. The average Bonchev–Trinajstić information content (AvgIpc) is 2.79. The van der Waals surface area contributed by atoms with Gasteiger partial charge in [-0.05, 0) is 47.5 Å². The van der Waals surface area contributed by atoms with Crippen molar-refractivity contribution in [1.29, 1.82) is 0 Å². The molecule has 0 aliphatic carbocycles. The van der Waals surface area contributed by atoms with Crippen molar-refractivity contribution in [2.24, 2.45) is 0 Å². The van der Waals surface area contributed by atoms with Crippen molar-refractivity contribution in [3.8, 4) is 5.75 Å². The maximum atomic E-state index is 13.6. The zero-order chi connectivity index (χ0) is 26.1. The Bertz CT molecular complexity index is 1180. The number of benzene rings is 3. The highest BCUT2D eigenvalue weighted by molar-refractivity contribution is 5.74. The van der Waals surface area contributed by atoms with Crippen LogP contribution in [0, 0.1) is 5.82 Å². The number of aliphatic hydroxyl groups is 1. The third kappa shape index (κ3) is 6.01. The molecular weight excluding hydrogens is 493 g/mol. The van der Waals surface area contributed by atoms with Gasteiger partial charge < -0.3 is 19.6 Å². The molecule has 1 aliphatic heterocycles. The van der Waals surface area contributed by atoms with E-state index in [2.05, 4.69) is 4.74 Å². The van der Waals surface area contributed by atoms with Gasteiger partial charge in [-0.15, -0.1) is 13.2 Å². The number of hydrogen-bond acceptors (Lipinski definition) is 4. The van der Waals surface area contributed by atoms with Crippen molar-refractivity contribution in [2.75, 3.05) is 22.9 Å². The van der Waals surface area contributed by atoms with Gasteiger partial charge in [-0.3, -0.25) is 0 Å². The minimum Gasteiger partial charge on any atom is -0.406 e. The molecule has 2 atom stereocenters. The molecule has 1 aliphatic rings. The van der Waals surface area contributed by atoms with Gasteiger partial charge in [-0.2, -0.15) is 13.2 Å². The van der Waals surface area contributed by atoms with Crippen molar-refractivity contribution in [3.05, 3.63) is 89.7 Å². The highest BCUT2D eigenvalue weighted by atomic mass is 19.4. The highest BCUT2D eigenvalue weighted by Crippen LogP contribution is 2.42. The van der Waals surface area contributed by atoms with Crippen LogP contribution in [-0.2, 0) is 6.54 Å². The van der Waals surface area contributed by atoms with E-state index in [4.69, 9.17) is 0 Å². The number of anilines is 2. The smallest absolute Gasteiger partial charge is 0.406 e. The van der Waals surface area contributed by atoms with Crippen molar-refractivity contribution in [3.63, 3.8) is 0 Å². The second-order valence-corrected chi connectivity index (χ2v) is 8.34. The lowest BCUT2D eigenvalue weighted by molar-refractivity contribution is -0.274. The molecule has 4 rings (SSSR count). The number of fused-ring (bicyclic) bond motifs is 1. The SMILES string of the molecule is OC(CN1c2ccccc2N(Cc2cccc(OC(F)(F)F)c2)CC1c1ccc(F)cc1)C(F)(F)F. The Labute approximate surface area is 202 Å². The maximum absolute atomic E-state index is 13.6. The van der Waals surface area contributed by atoms with E-state index < -0.39 is 42.8 Å². The maximum Gasteiger partial charge on any atom is 0.573 e. The number of rotatable bonds is 6. The van der Waals surface area contributed by atoms with Gasteiger partial charge in [0.25, 0.3) is 0 Å². The molecule has 2 unspecified atom stereocenters. The summed E-state index contributed by atoms with van der Waals surface area (Å²) >= 11 is 0. The van der Waals surface area contributed by atoms with Gasteiger partial charge in [0.05, 0.1) is 24.0 Å². The summed E-state index contributed by atoms with van der Waals surface area (Å²) in [5, 5.41) is 9.85. The number of para-hydroxylation sites is 2. The minimum atomic E-state index is -4.86. The second kappa shape index (κ2) is 9.88. The average molecular weight is 514 g/mol. The van der Waals surface area contributed by atoms with Crippen molar-refractivity contribution in [1.82, 2.24) is 0 Å². The topological polar surface area (TPSA) is 35.9 Å². The number of β-amino-alcohol motifs (C(OH)–C–C–N with tert-alkyl or cyclic N) is 1. The molecule has 3 aromatic rings. The van der Waals surface area contributed by atoms with Crippen LogP contribution in [0.3, 0.4) is 0 Å². The largest absolute Gasteiger partial charge is 0.573 e. The Kier molecular flexibility index (Phi) is 7.03. The van der Waals surface area contributed by atoms with Gasteiger partial charge in [0.1, 0.15) is 11.6 Å². The Balaban J connectivity index is 1.71. The predicted molar refractivity (Wildman–Crippen MR) is 119 cm³/mol. The Morgan fingerprint density at radius 1 is 0.889 bits per heavy atom. The number of hydrogen-bond donors (Lipinski definition) is 1. The molecular formula is C25H21F7N2O2. The lowest BCUT2D eigenvalue weighted by Gasteiger charge is -2.45. The minimum absolute atomic E-state index is 0.123. The molecule has 0 bridgehead atoms. The molecule has 11 heteroatoms. The van der Waals surface area contributed by atoms with E-state index in [1.54, 1.807) is 30.3 Å². The molecule has 0 spiro atoms. The first-order chi connectivity index (χ1) is 16.9. The summed E-state index contributed by atoms with van der Waals surface area (Å²) in [6, 6.07) is 16.6. The van der Waals surface area contributed by atoms with E-state index in [0.29, 0.717) is 22.5 Å². The summed E-state index contributed by atoms with van der Waals surface area (Å²) in [6.45, 7) is -0.512. The number of ether oxygens (including phenoxy) is 1. The van der Waals surface area contributed by atoms with Gasteiger partial charge in [-0.1, -0.05) is 36.4 Å². The van der Waals surface area contributed by atoms with Crippen molar-refractivity contribution < 1.29 is 40.6 Å². The molecule has 192 valence electrons. The van der Waals surface area contributed by atoms with E-state index in [1.165, 1.54) is 47.4 Å². The van der Waals surface area contributed by atoms with Crippen LogP contribution < -0.4 is 14.5 Å². The lowest BCUT2D eigenvalue weighted by atomic mass is 9.98. The summed E-state index contributed by atoms with van der Waals surface area (Å²) in [5.74, 6) is -0.912. The summed E-state index contributed by atoms with van der Waals surface area (Å²) in [4.78, 5) is 3.23. The number of halogens is 7. The molecule has 0 amide bonds. The van der Waals surface area contributed by atoms with E-state index in [9.17, 15) is 35.8 Å². The van der Waals surface area contributed by atoms with E-state index in [-0.39, 0.29) is 13.1 Å². The van der Waals surface area contributed by atoms with Crippen LogP contribution in [-0.4, -0.2) is 36.8 Å². The predicted octanol–water partition coefficient (Wildman–Crippen LogP) is 6.22. The monoisotopic (exact) mass is 514 g/mol. The number of nitrogens with zero attached hydrogens (tertiary/aromatic N) is 2. The summed E-state index contributed by atoms with van der Waals surface area (Å²) < 4.78 is 95.3. The van der Waals surface area contributed by atoms with Gasteiger partial charge in [0.15, 0.2) is 6.10 Å². The number of aliphatic hydroxyl groups excluding tert-OH is 1. The van der Waals surface area contributed by atoms with Crippen LogP contribution in [0.2, 0.25) is 0 Å². The van der Waals surface area contributed by atoms with Crippen LogP contribution in [0.25, 0.3) is 0 Å². The number of alkyl halides is 6. The standard InChI is InChI=1S/C25H21F7N2O2/c26-18-10-8-17(9-11-18)22-14-33(13-16-4-3-5-19(12-16)36-25(30,31)32)20-6-1-2-7-21(20)34(22)15-23(35)24(27,28)29/h1-12,22-23,35H,13-15H2. The summed E-state index contributed by atoms with van der Waals surface area (Å²) in [5.41, 5.74) is 1.92. The van der Waals surface area contributed by atoms with Crippen LogP contribution in [0.4, 0.5) is 42.1 Å². The van der Waals surface area contributed by atoms with Gasteiger partial charge >= 0.3 is 12.5 Å². The fourth-order valence-electron chi connectivity index (χ4n) is 4.24. The van der Waals surface area contributed by atoms with E-state index in [0.717, 1.165) is 0 Å². The van der Waals surface area contributed by atoms with E-state index >= 15 is 0 Å². The summed E-state index contributed by atoms with van der Waals surface area (Å²) in [6.07, 6.45) is -12.3. The fraction of sp³-hybridized carbons (Fsp3) is 0.280.